The van der Waals surface area contributed by atoms with Gasteiger partial charge in [0.2, 0.25) is 5.91 Å². The minimum absolute atomic E-state index is 0.0633. The maximum absolute atomic E-state index is 14.6. The Morgan fingerprint density at radius 2 is 2.00 bits per heavy atom. The number of pyridine rings is 1. The topological polar surface area (TPSA) is 93.2 Å². The average Bonchev–Trinajstić information content (AvgIpc) is 3.74. The van der Waals surface area contributed by atoms with E-state index in [1.54, 1.807) is 25.2 Å². The highest BCUT2D eigenvalue weighted by atomic mass is 16.6. The summed E-state index contributed by atoms with van der Waals surface area (Å²) in [4.78, 5) is 35.2. The first kappa shape index (κ1) is 27.1. The van der Waals surface area contributed by atoms with Gasteiger partial charge in [0.1, 0.15) is 17.5 Å². The maximum atomic E-state index is 14.6. The van der Waals surface area contributed by atoms with Gasteiger partial charge in [-0.25, -0.2) is 4.98 Å². The number of fused-ring (bicyclic) bond motifs is 1. The third-order valence-corrected chi connectivity index (χ3v) is 11.5. The average molecular weight is 585 g/mol. The minimum Gasteiger partial charge on any atom is -0.493 e. The lowest BCUT2D eigenvalue weighted by atomic mass is 9.37. The monoisotopic (exact) mass is 584 g/mol. The zero-order valence-corrected chi connectivity index (χ0v) is 25.4. The SMILES string of the molecule is COc1ccc2c3c1O[C@@H]1[C@]34CCN(CC3CC3)[C@H](C2)[C@@]42C=C(C(=O)N(C)Cc3cccc(NC(C)=O)n3)[C@]1(OC)CC2. The van der Waals surface area contributed by atoms with Crippen molar-refractivity contribution in [3.05, 3.63) is 58.8 Å². The first-order chi connectivity index (χ1) is 20.8. The van der Waals surface area contributed by atoms with Gasteiger partial charge in [0.25, 0.3) is 5.91 Å². The van der Waals surface area contributed by atoms with Gasteiger partial charge in [0.05, 0.1) is 24.8 Å². The summed E-state index contributed by atoms with van der Waals surface area (Å²) < 4.78 is 19.4. The molecule has 2 aromatic rings. The molecule has 2 saturated carbocycles. The predicted molar refractivity (Wildman–Crippen MR) is 160 cm³/mol. The molecule has 9 nitrogen and oxygen atoms in total. The second-order valence-corrected chi connectivity index (χ2v) is 13.6. The Balaban J connectivity index is 1.23. The van der Waals surface area contributed by atoms with E-state index >= 15 is 0 Å². The Hall–Kier alpha value is -3.43. The van der Waals surface area contributed by atoms with Crippen molar-refractivity contribution in [2.24, 2.45) is 11.3 Å². The number of aromatic nitrogens is 1. The van der Waals surface area contributed by atoms with E-state index in [1.807, 2.05) is 19.2 Å². The number of piperidine rings is 1. The number of carbonyl (C=O) groups excluding carboxylic acids is 2. The van der Waals surface area contributed by atoms with Crippen molar-refractivity contribution >= 4 is 17.6 Å². The highest BCUT2D eigenvalue weighted by Gasteiger charge is 2.79. The molecule has 0 unspecified atom stereocenters. The normalized spacial score (nSPS) is 32.9. The van der Waals surface area contributed by atoms with Gasteiger partial charge in [-0.2, -0.15) is 0 Å². The van der Waals surface area contributed by atoms with E-state index in [0.717, 1.165) is 56.2 Å². The number of likely N-dealkylation sites (N-methyl/N-ethyl adjacent to an activating group) is 1. The first-order valence-electron chi connectivity index (χ1n) is 15.6. The molecule has 1 N–H and O–H groups in total. The van der Waals surface area contributed by atoms with E-state index in [-0.39, 0.29) is 28.7 Å². The largest absolute Gasteiger partial charge is 0.493 e. The molecule has 0 radical (unpaired) electrons. The Bertz CT molecular complexity index is 1570. The van der Waals surface area contributed by atoms with Crippen molar-refractivity contribution in [3.63, 3.8) is 0 Å². The van der Waals surface area contributed by atoms with Crippen molar-refractivity contribution in [3.8, 4) is 11.5 Å². The number of carbonyl (C=O) groups is 2. The molecule has 1 aromatic carbocycles. The maximum Gasteiger partial charge on any atom is 0.252 e. The minimum atomic E-state index is -0.875. The van der Waals surface area contributed by atoms with Crippen molar-refractivity contribution in [2.45, 2.75) is 75.2 Å². The summed E-state index contributed by atoms with van der Waals surface area (Å²) in [6, 6.07) is 10.1. The van der Waals surface area contributed by atoms with E-state index in [9.17, 15) is 9.59 Å². The van der Waals surface area contributed by atoms with Gasteiger partial charge in [-0.1, -0.05) is 18.2 Å². The highest BCUT2D eigenvalue weighted by molar-refractivity contribution is 5.97. The van der Waals surface area contributed by atoms with Crippen LogP contribution in [-0.2, 0) is 32.7 Å². The summed E-state index contributed by atoms with van der Waals surface area (Å²) in [6.07, 6.45) is 8.30. The fraction of sp³-hybridized carbons (Fsp3) is 0.559. The van der Waals surface area contributed by atoms with Crippen LogP contribution in [0.2, 0.25) is 0 Å². The lowest BCUT2D eigenvalue weighted by Gasteiger charge is -2.70. The fourth-order valence-electron chi connectivity index (χ4n) is 9.58. The number of methoxy groups -OCH3 is 2. The number of nitrogens with one attached hydrogen (secondary N) is 1. The second-order valence-electron chi connectivity index (χ2n) is 13.6. The van der Waals surface area contributed by atoms with Gasteiger partial charge in [-0.3, -0.25) is 14.5 Å². The summed E-state index contributed by atoms with van der Waals surface area (Å²) in [5.74, 6) is 2.63. The molecule has 9 heteroatoms. The molecule has 9 rings (SSSR count). The number of anilines is 1. The third-order valence-electron chi connectivity index (χ3n) is 11.5. The number of nitrogens with zero attached hydrogens (tertiary/aromatic N) is 3. The number of amides is 2. The van der Waals surface area contributed by atoms with Crippen molar-refractivity contribution < 1.29 is 23.8 Å². The number of hydrogen-bond donors (Lipinski definition) is 1. The van der Waals surface area contributed by atoms with Crippen LogP contribution in [0.5, 0.6) is 11.5 Å². The van der Waals surface area contributed by atoms with Crippen molar-refractivity contribution in [2.75, 3.05) is 39.7 Å². The van der Waals surface area contributed by atoms with Gasteiger partial charge in [0.15, 0.2) is 11.5 Å². The van der Waals surface area contributed by atoms with Crippen LogP contribution >= 0.6 is 0 Å². The zero-order valence-electron chi connectivity index (χ0n) is 25.4. The molecule has 226 valence electrons. The lowest BCUT2D eigenvalue weighted by molar-refractivity contribution is -0.198. The number of ether oxygens (including phenoxy) is 3. The molecule has 5 aliphatic carbocycles. The Morgan fingerprint density at radius 3 is 2.74 bits per heavy atom. The Morgan fingerprint density at radius 1 is 1.16 bits per heavy atom. The van der Waals surface area contributed by atoms with E-state index < -0.39 is 5.60 Å². The summed E-state index contributed by atoms with van der Waals surface area (Å²) in [6.45, 7) is 3.93. The molecule has 2 aliphatic heterocycles. The van der Waals surface area contributed by atoms with Crippen LogP contribution in [0.4, 0.5) is 5.82 Å². The van der Waals surface area contributed by atoms with Gasteiger partial charge in [-0.15, -0.1) is 0 Å². The summed E-state index contributed by atoms with van der Waals surface area (Å²) in [5, 5.41) is 2.74. The van der Waals surface area contributed by atoms with E-state index in [1.165, 1.54) is 30.9 Å². The van der Waals surface area contributed by atoms with E-state index in [0.29, 0.717) is 29.7 Å². The molecule has 1 aromatic heterocycles. The molecule has 3 heterocycles. The quantitative estimate of drug-likeness (QED) is 0.504. The molecule has 4 bridgehead atoms. The number of rotatable bonds is 8. The van der Waals surface area contributed by atoms with Gasteiger partial charge >= 0.3 is 0 Å². The molecule has 2 amide bonds. The molecular formula is C34H40N4O5. The van der Waals surface area contributed by atoms with Crippen LogP contribution in [0, 0.1) is 11.3 Å². The Labute approximate surface area is 252 Å². The standard InChI is InChI=1S/C34H40N4O5/c1-20(39)35-27-7-5-6-23(36-27)19-37(2)30(40)24-17-32-12-13-34(24,42-4)31-33(32)14-15-38(18-21-8-9-21)26(32)16-22-10-11-25(41-3)29(43-31)28(22)33/h5-7,10-11,17,21,26,31H,8-9,12-16,18-19H2,1-4H3,(H,35,36,39)/t26-,31-,32-,33+,34-/m1/s1. The molecule has 5 atom stereocenters. The van der Waals surface area contributed by atoms with E-state index in [4.69, 9.17) is 14.2 Å². The smallest absolute Gasteiger partial charge is 0.252 e. The van der Waals surface area contributed by atoms with Crippen LogP contribution in [0.25, 0.3) is 0 Å². The first-order valence-corrected chi connectivity index (χ1v) is 15.6. The van der Waals surface area contributed by atoms with Gasteiger partial charge in [0, 0.05) is 50.2 Å². The van der Waals surface area contributed by atoms with Crippen molar-refractivity contribution in [1.82, 2.24) is 14.8 Å². The van der Waals surface area contributed by atoms with Crippen LogP contribution in [0.15, 0.2) is 42.0 Å². The molecular weight excluding hydrogens is 544 g/mol. The van der Waals surface area contributed by atoms with Gasteiger partial charge in [-0.05, 0) is 74.8 Å². The summed E-state index contributed by atoms with van der Waals surface area (Å²) in [5.41, 5.74) is 2.70. The molecule has 2 spiro atoms. The molecule has 7 aliphatic rings. The van der Waals surface area contributed by atoms with Crippen LogP contribution in [0.1, 0.15) is 55.8 Å². The molecule has 3 fully saturated rings. The number of benzene rings is 1. The number of hydrogen-bond acceptors (Lipinski definition) is 7. The lowest BCUT2D eigenvalue weighted by Crippen LogP contribution is -2.78. The van der Waals surface area contributed by atoms with Gasteiger partial charge < -0.3 is 24.4 Å². The second kappa shape index (κ2) is 9.29. The Kier molecular flexibility index (Phi) is 5.86. The fourth-order valence-corrected chi connectivity index (χ4v) is 9.58. The number of likely N-dealkylation sites (tertiary alicyclic amines) is 1. The molecule has 43 heavy (non-hydrogen) atoms. The highest BCUT2D eigenvalue weighted by Crippen LogP contribution is 2.75. The van der Waals surface area contributed by atoms with Crippen molar-refractivity contribution in [1.29, 1.82) is 0 Å². The predicted octanol–water partition coefficient (Wildman–Crippen LogP) is 3.85. The van der Waals surface area contributed by atoms with Crippen LogP contribution < -0.4 is 14.8 Å². The zero-order chi connectivity index (χ0) is 29.7. The van der Waals surface area contributed by atoms with Crippen LogP contribution in [0.3, 0.4) is 0 Å². The summed E-state index contributed by atoms with van der Waals surface area (Å²) in [7, 11) is 5.27. The van der Waals surface area contributed by atoms with Crippen LogP contribution in [-0.4, -0.2) is 78.7 Å². The molecule has 1 saturated heterocycles. The van der Waals surface area contributed by atoms with E-state index in [2.05, 4.69) is 33.4 Å². The summed E-state index contributed by atoms with van der Waals surface area (Å²) >= 11 is 0. The third kappa shape index (κ3) is 3.55.